The SMILES string of the molecule is CCCCN(CC)c1nc(Cl)c2c3c(sc2n1)CCCC3. The number of rotatable bonds is 5. The highest BCUT2D eigenvalue weighted by molar-refractivity contribution is 7.19. The highest BCUT2D eigenvalue weighted by Crippen LogP contribution is 2.39. The predicted octanol–water partition coefficient (Wildman–Crippen LogP) is 4.85. The molecule has 3 nitrogen and oxygen atoms in total. The second-order valence-corrected chi connectivity index (χ2v) is 7.08. The Morgan fingerprint density at radius 1 is 1.19 bits per heavy atom. The van der Waals surface area contributed by atoms with E-state index in [0.717, 1.165) is 42.1 Å². The molecule has 1 aliphatic rings. The van der Waals surface area contributed by atoms with Crippen molar-refractivity contribution in [2.75, 3.05) is 18.0 Å². The van der Waals surface area contributed by atoms with Crippen molar-refractivity contribution in [2.45, 2.75) is 52.4 Å². The maximum absolute atomic E-state index is 6.50. The van der Waals surface area contributed by atoms with Gasteiger partial charge in [0.2, 0.25) is 5.95 Å². The molecule has 0 N–H and O–H groups in total. The van der Waals surface area contributed by atoms with Crippen molar-refractivity contribution in [3.8, 4) is 0 Å². The van der Waals surface area contributed by atoms with Gasteiger partial charge in [0.15, 0.2) is 0 Å². The standard InChI is InChI=1S/C16H22ClN3S/c1-3-5-10-20(4-2)16-18-14(17)13-11-8-6-7-9-12(11)21-15(13)19-16/h3-10H2,1-2H3. The Balaban J connectivity index is 2.02. The molecule has 5 heteroatoms. The van der Waals surface area contributed by atoms with E-state index < -0.39 is 0 Å². The van der Waals surface area contributed by atoms with Gasteiger partial charge < -0.3 is 4.90 Å². The first-order valence-corrected chi connectivity index (χ1v) is 9.16. The molecule has 0 spiro atoms. The molecular weight excluding hydrogens is 302 g/mol. The van der Waals surface area contributed by atoms with Crippen molar-refractivity contribution in [2.24, 2.45) is 0 Å². The summed E-state index contributed by atoms with van der Waals surface area (Å²) < 4.78 is 0. The summed E-state index contributed by atoms with van der Waals surface area (Å²) in [6, 6.07) is 0. The highest BCUT2D eigenvalue weighted by atomic mass is 35.5. The van der Waals surface area contributed by atoms with Crippen molar-refractivity contribution < 1.29 is 0 Å². The Labute approximate surface area is 135 Å². The van der Waals surface area contributed by atoms with Crippen LogP contribution in [0.15, 0.2) is 0 Å². The van der Waals surface area contributed by atoms with Crippen molar-refractivity contribution in [3.63, 3.8) is 0 Å². The van der Waals surface area contributed by atoms with E-state index in [4.69, 9.17) is 16.6 Å². The summed E-state index contributed by atoms with van der Waals surface area (Å²) in [6.45, 7) is 6.28. The van der Waals surface area contributed by atoms with Gasteiger partial charge in [0.25, 0.3) is 0 Å². The lowest BCUT2D eigenvalue weighted by molar-refractivity contribution is 0.700. The normalized spacial score (nSPS) is 14.4. The van der Waals surface area contributed by atoms with Gasteiger partial charge in [-0.2, -0.15) is 0 Å². The van der Waals surface area contributed by atoms with Crippen LogP contribution in [0.1, 0.15) is 50.0 Å². The third kappa shape index (κ3) is 2.88. The molecule has 2 aromatic heterocycles. The lowest BCUT2D eigenvalue weighted by atomic mass is 9.97. The molecule has 114 valence electrons. The zero-order valence-electron chi connectivity index (χ0n) is 12.8. The monoisotopic (exact) mass is 323 g/mol. The zero-order chi connectivity index (χ0) is 14.8. The summed E-state index contributed by atoms with van der Waals surface area (Å²) in [5.74, 6) is 0.794. The molecule has 0 aliphatic heterocycles. The second kappa shape index (κ2) is 6.49. The van der Waals surface area contributed by atoms with Crippen molar-refractivity contribution in [1.82, 2.24) is 9.97 Å². The third-order valence-electron chi connectivity index (χ3n) is 4.20. The van der Waals surface area contributed by atoms with Crippen LogP contribution in [0.3, 0.4) is 0 Å². The van der Waals surface area contributed by atoms with Gasteiger partial charge in [-0.3, -0.25) is 0 Å². The third-order valence-corrected chi connectivity index (χ3v) is 5.66. The summed E-state index contributed by atoms with van der Waals surface area (Å²) >= 11 is 8.32. The summed E-state index contributed by atoms with van der Waals surface area (Å²) in [6.07, 6.45) is 7.19. The maximum atomic E-state index is 6.50. The van der Waals surface area contributed by atoms with Gasteiger partial charge >= 0.3 is 0 Å². The van der Waals surface area contributed by atoms with Crippen molar-refractivity contribution in [3.05, 3.63) is 15.6 Å². The van der Waals surface area contributed by atoms with Crippen LogP contribution < -0.4 is 4.90 Å². The molecule has 1 aliphatic carbocycles. The number of fused-ring (bicyclic) bond motifs is 3. The molecule has 0 atom stereocenters. The van der Waals surface area contributed by atoms with Crippen LogP contribution in [0.4, 0.5) is 5.95 Å². The molecule has 0 unspecified atom stereocenters. The fourth-order valence-electron chi connectivity index (χ4n) is 2.99. The molecule has 0 saturated carbocycles. The summed E-state index contributed by atoms with van der Waals surface area (Å²) in [7, 11) is 0. The van der Waals surface area contributed by atoms with Crippen LogP contribution in [-0.4, -0.2) is 23.1 Å². The predicted molar refractivity (Wildman–Crippen MR) is 91.9 cm³/mol. The highest BCUT2D eigenvalue weighted by Gasteiger charge is 2.21. The fraction of sp³-hybridized carbons (Fsp3) is 0.625. The molecular formula is C16H22ClN3S. The van der Waals surface area contributed by atoms with Gasteiger partial charge in [0.05, 0.1) is 5.39 Å². The van der Waals surface area contributed by atoms with Crippen LogP contribution in [0.2, 0.25) is 5.15 Å². The number of thiophene rings is 1. The molecule has 0 radical (unpaired) electrons. The molecule has 2 heterocycles. The van der Waals surface area contributed by atoms with Crippen LogP contribution in [-0.2, 0) is 12.8 Å². The summed E-state index contributed by atoms with van der Waals surface area (Å²) in [5, 5.41) is 1.76. The Bertz CT molecular complexity index is 638. The van der Waals surface area contributed by atoms with E-state index in [0.29, 0.717) is 5.15 Å². The van der Waals surface area contributed by atoms with Gasteiger partial charge in [0, 0.05) is 18.0 Å². The minimum atomic E-state index is 0.643. The minimum Gasteiger partial charge on any atom is -0.341 e. The van der Waals surface area contributed by atoms with E-state index in [2.05, 4.69) is 23.7 Å². The van der Waals surface area contributed by atoms with Gasteiger partial charge in [0.1, 0.15) is 9.98 Å². The largest absolute Gasteiger partial charge is 0.341 e. The molecule has 3 rings (SSSR count). The molecule has 21 heavy (non-hydrogen) atoms. The van der Waals surface area contributed by atoms with Gasteiger partial charge in [-0.15, -0.1) is 11.3 Å². The average molecular weight is 324 g/mol. The number of halogens is 1. The van der Waals surface area contributed by atoms with E-state index in [9.17, 15) is 0 Å². The van der Waals surface area contributed by atoms with Crippen molar-refractivity contribution in [1.29, 1.82) is 0 Å². The smallest absolute Gasteiger partial charge is 0.228 e. The number of aromatic nitrogens is 2. The zero-order valence-corrected chi connectivity index (χ0v) is 14.4. The van der Waals surface area contributed by atoms with Gasteiger partial charge in [-0.25, -0.2) is 9.97 Å². The Morgan fingerprint density at radius 2 is 2.00 bits per heavy atom. The number of hydrogen-bond donors (Lipinski definition) is 0. The van der Waals surface area contributed by atoms with E-state index in [-0.39, 0.29) is 0 Å². The van der Waals surface area contributed by atoms with Gasteiger partial charge in [-0.05, 0) is 44.6 Å². The molecule has 0 bridgehead atoms. The molecule has 0 aromatic carbocycles. The average Bonchev–Trinajstić information content (AvgIpc) is 2.86. The van der Waals surface area contributed by atoms with E-state index in [1.165, 1.54) is 36.1 Å². The first-order valence-electron chi connectivity index (χ1n) is 7.97. The summed E-state index contributed by atoms with van der Waals surface area (Å²) in [4.78, 5) is 14.2. The first-order chi connectivity index (χ1) is 10.2. The number of anilines is 1. The first kappa shape index (κ1) is 15.0. The van der Waals surface area contributed by atoms with Crippen LogP contribution in [0.5, 0.6) is 0 Å². The Morgan fingerprint density at radius 3 is 2.76 bits per heavy atom. The fourth-order valence-corrected chi connectivity index (χ4v) is 4.58. The van der Waals surface area contributed by atoms with E-state index in [1.807, 2.05) is 11.3 Å². The lowest BCUT2D eigenvalue weighted by Gasteiger charge is -2.20. The van der Waals surface area contributed by atoms with Crippen LogP contribution >= 0.6 is 22.9 Å². The molecule has 0 saturated heterocycles. The lowest BCUT2D eigenvalue weighted by Crippen LogP contribution is -2.25. The molecule has 2 aromatic rings. The maximum Gasteiger partial charge on any atom is 0.228 e. The Kier molecular flexibility index (Phi) is 4.65. The number of aryl methyl sites for hydroxylation is 2. The van der Waals surface area contributed by atoms with Crippen LogP contribution in [0, 0.1) is 0 Å². The van der Waals surface area contributed by atoms with Gasteiger partial charge in [-0.1, -0.05) is 24.9 Å². The molecule has 0 amide bonds. The topological polar surface area (TPSA) is 29.0 Å². The number of nitrogens with zero attached hydrogens (tertiary/aromatic N) is 3. The molecule has 0 fully saturated rings. The van der Waals surface area contributed by atoms with Crippen molar-refractivity contribution >= 4 is 39.1 Å². The Hall–Kier alpha value is -0.870. The second-order valence-electron chi connectivity index (χ2n) is 5.64. The minimum absolute atomic E-state index is 0.643. The number of unbranched alkanes of at least 4 members (excludes halogenated alkanes) is 1. The quantitative estimate of drug-likeness (QED) is 0.736. The van der Waals surface area contributed by atoms with E-state index in [1.54, 1.807) is 0 Å². The van der Waals surface area contributed by atoms with Crippen LogP contribution in [0.25, 0.3) is 10.2 Å². The summed E-state index contributed by atoms with van der Waals surface area (Å²) in [5.41, 5.74) is 1.41. The van der Waals surface area contributed by atoms with E-state index >= 15 is 0 Å². The number of hydrogen-bond acceptors (Lipinski definition) is 4.